The van der Waals surface area contributed by atoms with Crippen LogP contribution in [0.4, 0.5) is 0 Å². The van der Waals surface area contributed by atoms with Gasteiger partial charge in [0.25, 0.3) is 11.6 Å². The number of esters is 1. The number of aryl methyl sites for hydroxylation is 2. The average molecular weight is 248 g/mol. The van der Waals surface area contributed by atoms with E-state index in [1.165, 1.54) is 0 Å². The van der Waals surface area contributed by atoms with Crippen LogP contribution >= 0.6 is 0 Å². The van der Waals surface area contributed by atoms with Crippen LogP contribution in [0.2, 0.25) is 0 Å². The highest BCUT2D eigenvalue weighted by Gasteiger charge is 2.15. The highest BCUT2D eigenvalue weighted by Crippen LogP contribution is 2.06. The zero-order valence-electron chi connectivity index (χ0n) is 10.8. The van der Waals surface area contributed by atoms with Crippen LogP contribution in [0.5, 0.6) is 0 Å². The zero-order chi connectivity index (χ0) is 13.1. The minimum Gasteiger partial charge on any atom is -0.460 e. The Morgan fingerprint density at radius 2 is 2.17 bits per heavy atom. The summed E-state index contributed by atoms with van der Waals surface area (Å²) in [6.07, 6.45) is 1.82. The summed E-state index contributed by atoms with van der Waals surface area (Å²) in [6, 6.07) is 1.88. The summed E-state index contributed by atoms with van der Waals surface area (Å²) < 4.78 is 6.61. The molecule has 0 radical (unpaired) electrons. The molecule has 96 valence electrons. The standard InChI is InChI=1S/C12H16N4O2/c1-4-5-6-18-11(17)10-14-12-13-8(2)7-9(3)16(12)15-10/h7H,4-6H2,1-3H3. The fourth-order valence-corrected chi connectivity index (χ4v) is 1.63. The van der Waals surface area contributed by atoms with E-state index in [-0.39, 0.29) is 5.82 Å². The first kappa shape index (κ1) is 12.5. The fourth-order valence-electron chi connectivity index (χ4n) is 1.63. The molecule has 0 amide bonds. The van der Waals surface area contributed by atoms with Gasteiger partial charge in [-0.2, -0.15) is 4.98 Å². The second-order valence-electron chi connectivity index (χ2n) is 4.18. The molecule has 0 aromatic carbocycles. The van der Waals surface area contributed by atoms with Gasteiger partial charge >= 0.3 is 5.97 Å². The smallest absolute Gasteiger partial charge is 0.378 e. The molecule has 0 aliphatic heterocycles. The predicted octanol–water partition coefficient (Wildman–Crippen LogP) is 1.70. The van der Waals surface area contributed by atoms with Gasteiger partial charge in [-0.25, -0.2) is 14.3 Å². The molecule has 2 aromatic heterocycles. The third-order valence-corrected chi connectivity index (χ3v) is 2.53. The third kappa shape index (κ3) is 2.47. The van der Waals surface area contributed by atoms with Crippen molar-refractivity contribution >= 4 is 11.7 Å². The second kappa shape index (κ2) is 5.12. The molecule has 0 N–H and O–H groups in total. The van der Waals surface area contributed by atoms with Crippen LogP contribution in [0.3, 0.4) is 0 Å². The van der Waals surface area contributed by atoms with Crippen molar-refractivity contribution in [2.24, 2.45) is 0 Å². The van der Waals surface area contributed by atoms with Crippen LogP contribution in [0.25, 0.3) is 5.78 Å². The fraction of sp³-hybridized carbons (Fsp3) is 0.500. The molecular weight excluding hydrogens is 232 g/mol. The summed E-state index contributed by atoms with van der Waals surface area (Å²) in [5.41, 5.74) is 1.73. The molecular formula is C12H16N4O2. The van der Waals surface area contributed by atoms with Gasteiger partial charge in [0, 0.05) is 11.4 Å². The van der Waals surface area contributed by atoms with Crippen LogP contribution in [0.15, 0.2) is 6.07 Å². The Kier molecular flexibility index (Phi) is 3.55. The van der Waals surface area contributed by atoms with E-state index in [0.717, 1.165) is 24.2 Å². The number of carbonyl (C=O) groups is 1. The summed E-state index contributed by atoms with van der Waals surface area (Å²) in [6.45, 7) is 6.20. The summed E-state index contributed by atoms with van der Waals surface area (Å²) >= 11 is 0. The van der Waals surface area contributed by atoms with Gasteiger partial charge in [-0.15, -0.1) is 5.10 Å². The number of unbranched alkanes of at least 4 members (excludes halogenated alkanes) is 1. The molecule has 0 bridgehead atoms. The van der Waals surface area contributed by atoms with Crippen LogP contribution < -0.4 is 0 Å². The quantitative estimate of drug-likeness (QED) is 0.608. The molecule has 2 aromatic rings. The third-order valence-electron chi connectivity index (χ3n) is 2.53. The Balaban J connectivity index is 2.24. The van der Waals surface area contributed by atoms with Crippen molar-refractivity contribution in [3.63, 3.8) is 0 Å². The molecule has 0 atom stereocenters. The van der Waals surface area contributed by atoms with Crippen molar-refractivity contribution in [1.82, 2.24) is 19.6 Å². The number of hydrogen-bond donors (Lipinski definition) is 0. The Bertz CT molecular complexity index is 577. The summed E-state index contributed by atoms with van der Waals surface area (Å²) in [5, 5.41) is 4.10. The number of fused-ring (bicyclic) bond motifs is 1. The molecule has 6 nitrogen and oxygen atoms in total. The van der Waals surface area contributed by atoms with E-state index in [1.807, 2.05) is 26.8 Å². The first-order chi connectivity index (χ1) is 8.61. The Morgan fingerprint density at radius 3 is 2.89 bits per heavy atom. The lowest BCUT2D eigenvalue weighted by Crippen LogP contribution is -2.08. The van der Waals surface area contributed by atoms with E-state index in [0.29, 0.717) is 12.4 Å². The molecule has 6 heteroatoms. The van der Waals surface area contributed by atoms with Crippen LogP contribution in [-0.4, -0.2) is 32.2 Å². The molecule has 18 heavy (non-hydrogen) atoms. The first-order valence-corrected chi connectivity index (χ1v) is 6.00. The monoisotopic (exact) mass is 248 g/mol. The SMILES string of the molecule is CCCCOC(=O)c1nc2nc(C)cc(C)n2n1. The second-order valence-corrected chi connectivity index (χ2v) is 4.18. The van der Waals surface area contributed by atoms with Gasteiger partial charge in [0.1, 0.15) is 0 Å². The van der Waals surface area contributed by atoms with E-state index in [9.17, 15) is 4.79 Å². The summed E-state index contributed by atoms with van der Waals surface area (Å²) in [5.74, 6) is -0.00625. The molecule has 0 spiro atoms. The highest BCUT2D eigenvalue weighted by molar-refractivity contribution is 5.85. The molecule has 0 saturated heterocycles. The maximum atomic E-state index is 11.7. The minimum atomic E-state index is -0.494. The maximum absolute atomic E-state index is 11.7. The topological polar surface area (TPSA) is 69.4 Å². The summed E-state index contributed by atoms with van der Waals surface area (Å²) in [7, 11) is 0. The average Bonchev–Trinajstić information content (AvgIpc) is 2.73. The van der Waals surface area contributed by atoms with Crippen molar-refractivity contribution in [2.45, 2.75) is 33.6 Å². The molecule has 0 fully saturated rings. The number of ether oxygens (including phenoxy) is 1. The molecule has 0 saturated carbocycles. The zero-order valence-corrected chi connectivity index (χ0v) is 10.8. The molecule has 0 aliphatic carbocycles. The van der Waals surface area contributed by atoms with Gasteiger partial charge < -0.3 is 4.74 Å². The first-order valence-electron chi connectivity index (χ1n) is 6.00. The Morgan fingerprint density at radius 1 is 1.39 bits per heavy atom. The van der Waals surface area contributed by atoms with Gasteiger partial charge in [0.05, 0.1) is 6.61 Å². The highest BCUT2D eigenvalue weighted by atomic mass is 16.5. The normalized spacial score (nSPS) is 10.8. The van der Waals surface area contributed by atoms with Gasteiger partial charge in [-0.1, -0.05) is 13.3 Å². The van der Waals surface area contributed by atoms with Crippen molar-refractivity contribution in [3.05, 3.63) is 23.3 Å². The van der Waals surface area contributed by atoms with Crippen LogP contribution in [0, 0.1) is 13.8 Å². The van der Waals surface area contributed by atoms with E-state index in [4.69, 9.17) is 4.74 Å². The maximum Gasteiger partial charge on any atom is 0.378 e. The van der Waals surface area contributed by atoms with Crippen molar-refractivity contribution in [2.75, 3.05) is 6.61 Å². The van der Waals surface area contributed by atoms with Crippen LogP contribution in [0.1, 0.15) is 41.8 Å². The van der Waals surface area contributed by atoms with Gasteiger partial charge in [0.15, 0.2) is 0 Å². The minimum absolute atomic E-state index is 0.0623. The lowest BCUT2D eigenvalue weighted by atomic mass is 10.4. The van der Waals surface area contributed by atoms with Gasteiger partial charge in [-0.05, 0) is 26.3 Å². The molecule has 0 unspecified atom stereocenters. The number of rotatable bonds is 4. The van der Waals surface area contributed by atoms with Gasteiger partial charge in [0.2, 0.25) is 0 Å². The number of aromatic nitrogens is 4. The largest absolute Gasteiger partial charge is 0.460 e. The van der Waals surface area contributed by atoms with Crippen molar-refractivity contribution < 1.29 is 9.53 Å². The summed E-state index contributed by atoms with van der Waals surface area (Å²) in [4.78, 5) is 20.0. The lowest BCUT2D eigenvalue weighted by molar-refractivity contribution is 0.0485. The van der Waals surface area contributed by atoms with E-state index in [1.54, 1.807) is 4.52 Å². The van der Waals surface area contributed by atoms with Crippen molar-refractivity contribution in [1.29, 1.82) is 0 Å². The Hall–Kier alpha value is -1.98. The van der Waals surface area contributed by atoms with E-state index in [2.05, 4.69) is 15.1 Å². The lowest BCUT2D eigenvalue weighted by Gasteiger charge is -1.99. The van der Waals surface area contributed by atoms with Gasteiger partial charge in [-0.3, -0.25) is 0 Å². The van der Waals surface area contributed by atoms with E-state index < -0.39 is 5.97 Å². The van der Waals surface area contributed by atoms with Crippen LogP contribution in [-0.2, 0) is 4.74 Å². The number of nitrogens with zero attached hydrogens (tertiary/aromatic N) is 4. The number of carbonyl (C=O) groups excluding carboxylic acids is 1. The molecule has 0 aliphatic rings. The van der Waals surface area contributed by atoms with E-state index >= 15 is 0 Å². The molecule has 2 rings (SSSR count). The number of hydrogen-bond acceptors (Lipinski definition) is 5. The van der Waals surface area contributed by atoms with Crippen molar-refractivity contribution in [3.8, 4) is 0 Å². The Labute approximate surface area is 105 Å². The molecule has 2 heterocycles. The predicted molar refractivity (Wildman–Crippen MR) is 65.4 cm³/mol.